The van der Waals surface area contributed by atoms with Crippen molar-refractivity contribution in [3.05, 3.63) is 0 Å². The van der Waals surface area contributed by atoms with Crippen LogP contribution in [0.25, 0.3) is 0 Å². The Morgan fingerprint density at radius 3 is 0.889 bits per heavy atom. The van der Waals surface area contributed by atoms with Crippen molar-refractivity contribution in [3.8, 4) is 0 Å². The van der Waals surface area contributed by atoms with Crippen LogP contribution in [0.4, 0.5) is 0 Å². The van der Waals surface area contributed by atoms with E-state index in [1.807, 2.05) is 83.1 Å². The van der Waals surface area contributed by atoms with Gasteiger partial charge in [0.25, 0.3) is 0 Å². The lowest BCUT2D eigenvalue weighted by atomic mass is 9.84. The van der Waals surface area contributed by atoms with E-state index in [0.717, 1.165) is 0 Å². The molecule has 0 aromatic heterocycles. The molecule has 36 heavy (non-hydrogen) atoms. The highest BCUT2D eigenvalue weighted by Gasteiger charge is 2.44. The summed E-state index contributed by atoms with van der Waals surface area (Å²) in [6.07, 6.45) is 0. The van der Waals surface area contributed by atoms with E-state index in [4.69, 9.17) is 31.1 Å². The molecule has 0 saturated carbocycles. The maximum atomic E-state index is 8.91. The number of rotatable bonds is 14. The molecule has 0 aliphatic carbocycles. The second-order valence-electron chi connectivity index (χ2n) is 13.5. The average molecular weight is 507 g/mol. The number of nitrogens with one attached hydrogen (secondary N) is 4. The summed E-state index contributed by atoms with van der Waals surface area (Å²) in [4.78, 5) is 0. The monoisotopic (exact) mass is 506 g/mol. The highest BCUT2D eigenvalue weighted by Crippen LogP contribution is 2.33. The summed E-state index contributed by atoms with van der Waals surface area (Å²) in [5.74, 6) is 0.0635. The second kappa shape index (κ2) is 10.9. The van der Waals surface area contributed by atoms with Crippen LogP contribution < -0.4 is 0 Å². The zero-order valence-electron chi connectivity index (χ0n) is 25.9. The van der Waals surface area contributed by atoms with E-state index in [0.29, 0.717) is 11.4 Å². The molecule has 0 fully saturated rings. The number of azo groups is 1. The van der Waals surface area contributed by atoms with Gasteiger partial charge in [-0.1, -0.05) is 27.7 Å². The van der Waals surface area contributed by atoms with Gasteiger partial charge in [0.2, 0.25) is 0 Å². The van der Waals surface area contributed by atoms with Gasteiger partial charge in [-0.05, 0) is 94.9 Å². The molecule has 0 bridgehead atoms. The first-order chi connectivity index (χ1) is 15.6. The van der Waals surface area contributed by atoms with Crippen molar-refractivity contribution in [2.45, 2.75) is 144 Å². The molecule has 0 saturated heterocycles. The average Bonchev–Trinajstić information content (AvgIpc) is 2.68. The molecule has 0 radical (unpaired) electrons. The van der Waals surface area contributed by atoms with Crippen molar-refractivity contribution in [2.24, 2.45) is 22.1 Å². The third-order valence-corrected chi connectivity index (χ3v) is 6.45. The standard InChI is InChI=1S/C28H54N6O2/c1-17(2)19(29)25(9,10)35-27(13,14)21(31)23(5,6)33-34-24(7,8)22(32)28(15,16)36-26(11,12)20(30)18(3)4/h17-18,29-32H,1-16H3. The lowest BCUT2D eigenvalue weighted by Gasteiger charge is -2.42. The minimum absolute atomic E-state index is 0.0318. The number of ether oxygens (including phenoxy) is 2. The fourth-order valence-corrected chi connectivity index (χ4v) is 4.70. The van der Waals surface area contributed by atoms with E-state index in [-0.39, 0.29) is 23.3 Å². The minimum Gasteiger partial charge on any atom is -0.358 e. The molecule has 4 N–H and O–H groups in total. The maximum absolute atomic E-state index is 8.91. The summed E-state index contributed by atoms with van der Waals surface area (Å²) in [6.45, 7) is 29.7. The van der Waals surface area contributed by atoms with Gasteiger partial charge >= 0.3 is 0 Å². The third-order valence-electron chi connectivity index (χ3n) is 6.45. The van der Waals surface area contributed by atoms with E-state index in [1.165, 1.54) is 0 Å². The minimum atomic E-state index is -0.999. The Bertz CT molecular complexity index is 818. The van der Waals surface area contributed by atoms with E-state index >= 15 is 0 Å². The Hall–Kier alpha value is -1.80. The lowest BCUT2D eigenvalue weighted by Crippen LogP contribution is -2.54. The van der Waals surface area contributed by atoms with Crippen LogP contribution in [-0.2, 0) is 9.47 Å². The van der Waals surface area contributed by atoms with E-state index in [9.17, 15) is 0 Å². The fourth-order valence-electron chi connectivity index (χ4n) is 4.70. The van der Waals surface area contributed by atoms with Crippen molar-refractivity contribution in [2.75, 3.05) is 0 Å². The van der Waals surface area contributed by atoms with Gasteiger partial charge in [-0.25, -0.2) is 0 Å². The van der Waals surface area contributed by atoms with Gasteiger partial charge < -0.3 is 31.1 Å². The third kappa shape index (κ3) is 8.37. The summed E-state index contributed by atoms with van der Waals surface area (Å²) in [5, 5.41) is 43.7. The molecule has 0 aliphatic heterocycles. The first-order valence-corrected chi connectivity index (χ1v) is 12.9. The topological polar surface area (TPSA) is 139 Å². The largest absolute Gasteiger partial charge is 0.358 e. The van der Waals surface area contributed by atoms with Gasteiger partial charge in [0.15, 0.2) is 0 Å². The molecular formula is C28H54N6O2. The van der Waals surface area contributed by atoms with Gasteiger partial charge in [-0.2, -0.15) is 10.2 Å². The Balaban J connectivity index is 5.88. The van der Waals surface area contributed by atoms with Gasteiger partial charge in [0.05, 0.1) is 11.4 Å². The summed E-state index contributed by atoms with van der Waals surface area (Å²) >= 11 is 0. The van der Waals surface area contributed by atoms with Crippen LogP contribution in [-0.4, -0.2) is 56.3 Å². The van der Waals surface area contributed by atoms with Crippen molar-refractivity contribution >= 4 is 22.8 Å². The molecule has 8 nitrogen and oxygen atoms in total. The molecule has 0 spiro atoms. The predicted octanol–water partition coefficient (Wildman–Crippen LogP) is 7.53. The van der Waals surface area contributed by atoms with Gasteiger partial charge in [-0.3, -0.25) is 0 Å². The van der Waals surface area contributed by atoms with Crippen molar-refractivity contribution in [1.82, 2.24) is 0 Å². The van der Waals surface area contributed by atoms with E-state index in [1.54, 1.807) is 27.7 Å². The van der Waals surface area contributed by atoms with Crippen LogP contribution in [0.1, 0.15) is 111 Å². The Morgan fingerprint density at radius 2 is 0.694 bits per heavy atom. The molecule has 208 valence electrons. The molecule has 8 heteroatoms. The quantitative estimate of drug-likeness (QED) is 0.143. The van der Waals surface area contributed by atoms with Crippen LogP contribution in [0.15, 0.2) is 10.2 Å². The summed E-state index contributed by atoms with van der Waals surface area (Å²) in [7, 11) is 0. The molecule has 0 amide bonds. The molecule has 0 rings (SSSR count). The summed E-state index contributed by atoms with van der Waals surface area (Å²) in [6, 6.07) is 0. The van der Waals surface area contributed by atoms with Crippen molar-refractivity contribution in [1.29, 1.82) is 21.6 Å². The van der Waals surface area contributed by atoms with Gasteiger partial charge in [-0.15, -0.1) is 0 Å². The molecule has 0 aliphatic rings. The SMILES string of the molecule is CC(C)C(=N)C(C)(C)OC(C)(C)C(=N)C(C)(C)N=NC(C)(C)C(=N)C(C)(C)OC(C)(C)C(=N)C(C)C. The number of hydrogen-bond donors (Lipinski definition) is 4. The van der Waals surface area contributed by atoms with Crippen LogP contribution in [0, 0.1) is 33.5 Å². The molecule has 0 unspecified atom stereocenters. The first-order valence-electron chi connectivity index (χ1n) is 12.9. The first kappa shape index (κ1) is 34.2. The van der Waals surface area contributed by atoms with E-state index < -0.39 is 33.5 Å². The Kier molecular flexibility index (Phi) is 10.4. The van der Waals surface area contributed by atoms with Crippen molar-refractivity contribution in [3.63, 3.8) is 0 Å². The smallest absolute Gasteiger partial charge is 0.116 e. The number of hydrogen-bond acceptors (Lipinski definition) is 8. The molecule has 0 aromatic carbocycles. The molecular weight excluding hydrogens is 452 g/mol. The maximum Gasteiger partial charge on any atom is 0.116 e. The zero-order valence-corrected chi connectivity index (χ0v) is 25.9. The summed E-state index contributed by atoms with van der Waals surface area (Å²) < 4.78 is 12.6. The molecule has 0 atom stereocenters. The van der Waals surface area contributed by atoms with Crippen molar-refractivity contribution < 1.29 is 9.47 Å². The lowest BCUT2D eigenvalue weighted by molar-refractivity contribution is -0.0512. The predicted molar refractivity (Wildman–Crippen MR) is 152 cm³/mol. The zero-order chi connectivity index (χ0) is 29.3. The fraction of sp³-hybridized carbons (Fsp3) is 0.857. The van der Waals surface area contributed by atoms with Gasteiger partial charge in [0.1, 0.15) is 33.5 Å². The highest BCUT2D eigenvalue weighted by atomic mass is 16.5. The molecule has 0 aromatic rings. The van der Waals surface area contributed by atoms with Crippen LogP contribution in [0.3, 0.4) is 0 Å². The number of nitrogens with zero attached hydrogens (tertiary/aromatic N) is 2. The highest BCUT2D eigenvalue weighted by molar-refractivity contribution is 5.99. The second-order valence-corrected chi connectivity index (χ2v) is 13.5. The van der Waals surface area contributed by atoms with Crippen LogP contribution >= 0.6 is 0 Å². The van der Waals surface area contributed by atoms with Gasteiger partial charge in [0, 0.05) is 11.4 Å². The molecule has 0 heterocycles. The Morgan fingerprint density at radius 1 is 0.472 bits per heavy atom. The van der Waals surface area contributed by atoms with E-state index in [2.05, 4.69) is 10.2 Å². The Labute approximate surface area is 220 Å². The summed E-state index contributed by atoms with van der Waals surface area (Å²) in [5.41, 5.74) is -4.26. The van der Waals surface area contributed by atoms with Crippen LogP contribution in [0.5, 0.6) is 0 Å². The van der Waals surface area contributed by atoms with Crippen LogP contribution in [0.2, 0.25) is 0 Å². The normalized spacial score (nSPS) is 14.6.